The number of aromatic nitrogens is 2. The first-order chi connectivity index (χ1) is 14.7. The van der Waals surface area contributed by atoms with Crippen LogP contribution >= 0.6 is 0 Å². The Hall–Kier alpha value is -3.64. The van der Waals surface area contributed by atoms with Gasteiger partial charge in [-0.1, -0.05) is 54.6 Å². The van der Waals surface area contributed by atoms with Crippen LogP contribution in [0.5, 0.6) is 5.75 Å². The van der Waals surface area contributed by atoms with Gasteiger partial charge in [0.25, 0.3) is 5.91 Å². The van der Waals surface area contributed by atoms with Gasteiger partial charge in [0, 0.05) is 10.9 Å². The van der Waals surface area contributed by atoms with E-state index in [1.54, 1.807) is 0 Å². The van der Waals surface area contributed by atoms with Crippen LogP contribution in [0, 0.1) is 0 Å². The number of anilines is 1. The topological polar surface area (TPSA) is 76.2 Å². The number of carbonyl (C=O) groups is 1. The molecule has 0 aliphatic heterocycles. The highest BCUT2D eigenvalue weighted by Crippen LogP contribution is 2.32. The van der Waals surface area contributed by atoms with E-state index in [9.17, 15) is 4.79 Å². The number of nitrogens with one attached hydrogen (secondary N) is 2. The first kappa shape index (κ1) is 19.7. The number of ether oxygens (including phenoxy) is 2. The average molecular weight is 401 g/mol. The van der Waals surface area contributed by atoms with Crippen molar-refractivity contribution >= 4 is 22.6 Å². The standard InChI is InChI=1S/C24H23N3O3/c1-2-30-22-11-7-6-10-19(22)18-12-13-20-21(14-18)26-27-24(20)25-23(28)16-29-15-17-8-4-3-5-9-17/h3-14H,2,15-16H2,1H3,(H2,25,26,27,28). The Morgan fingerprint density at radius 2 is 1.83 bits per heavy atom. The molecule has 1 amide bonds. The van der Waals surface area contributed by atoms with Crippen molar-refractivity contribution in [1.29, 1.82) is 0 Å². The fourth-order valence-corrected chi connectivity index (χ4v) is 3.27. The van der Waals surface area contributed by atoms with Gasteiger partial charge >= 0.3 is 0 Å². The summed E-state index contributed by atoms with van der Waals surface area (Å²) in [6.07, 6.45) is 0. The van der Waals surface area contributed by atoms with Crippen LogP contribution in [-0.4, -0.2) is 29.3 Å². The summed E-state index contributed by atoms with van der Waals surface area (Å²) >= 11 is 0. The fourth-order valence-electron chi connectivity index (χ4n) is 3.27. The van der Waals surface area contributed by atoms with Crippen molar-refractivity contribution in [3.05, 3.63) is 78.4 Å². The number of carbonyl (C=O) groups excluding carboxylic acids is 1. The molecule has 6 heteroatoms. The maximum Gasteiger partial charge on any atom is 0.251 e. The Morgan fingerprint density at radius 3 is 2.67 bits per heavy atom. The lowest BCUT2D eigenvalue weighted by Gasteiger charge is -2.10. The van der Waals surface area contributed by atoms with E-state index >= 15 is 0 Å². The molecular weight excluding hydrogens is 378 g/mol. The van der Waals surface area contributed by atoms with Crippen LogP contribution < -0.4 is 10.1 Å². The summed E-state index contributed by atoms with van der Waals surface area (Å²) in [6.45, 7) is 2.92. The second-order valence-corrected chi connectivity index (χ2v) is 6.79. The highest BCUT2D eigenvalue weighted by molar-refractivity contribution is 6.01. The third-order valence-electron chi connectivity index (χ3n) is 4.66. The molecule has 1 heterocycles. The van der Waals surface area contributed by atoms with E-state index in [2.05, 4.69) is 15.5 Å². The molecule has 0 unspecified atom stereocenters. The monoisotopic (exact) mass is 401 g/mol. The van der Waals surface area contributed by atoms with E-state index in [0.29, 0.717) is 19.0 Å². The van der Waals surface area contributed by atoms with Crippen LogP contribution in [0.15, 0.2) is 72.8 Å². The number of rotatable bonds is 8. The van der Waals surface area contributed by atoms with Crippen molar-refractivity contribution in [2.45, 2.75) is 13.5 Å². The van der Waals surface area contributed by atoms with Crippen LogP contribution in [-0.2, 0) is 16.1 Å². The van der Waals surface area contributed by atoms with Crippen LogP contribution in [0.2, 0.25) is 0 Å². The molecule has 0 saturated carbocycles. The first-order valence-corrected chi connectivity index (χ1v) is 9.86. The van der Waals surface area contributed by atoms with Crippen molar-refractivity contribution in [2.24, 2.45) is 0 Å². The van der Waals surface area contributed by atoms with Crippen molar-refractivity contribution in [1.82, 2.24) is 10.2 Å². The van der Waals surface area contributed by atoms with Gasteiger partial charge in [-0.05, 0) is 36.2 Å². The van der Waals surface area contributed by atoms with Gasteiger partial charge in [-0.25, -0.2) is 0 Å². The van der Waals surface area contributed by atoms with E-state index in [1.165, 1.54) is 0 Å². The van der Waals surface area contributed by atoms with E-state index in [-0.39, 0.29) is 12.5 Å². The number of para-hydroxylation sites is 1. The summed E-state index contributed by atoms with van der Waals surface area (Å²) in [5, 5.41) is 10.9. The van der Waals surface area contributed by atoms with Gasteiger partial charge in [0.05, 0.1) is 18.7 Å². The Bertz CT molecular complexity index is 1140. The molecule has 0 aliphatic rings. The van der Waals surface area contributed by atoms with Gasteiger partial charge in [0.15, 0.2) is 5.82 Å². The van der Waals surface area contributed by atoms with Crippen molar-refractivity contribution in [2.75, 3.05) is 18.5 Å². The van der Waals surface area contributed by atoms with Crippen molar-refractivity contribution in [3.63, 3.8) is 0 Å². The molecule has 4 rings (SSSR count). The molecular formula is C24H23N3O3. The fraction of sp³-hybridized carbons (Fsp3) is 0.167. The van der Waals surface area contributed by atoms with Gasteiger partial charge < -0.3 is 14.8 Å². The number of hydrogen-bond acceptors (Lipinski definition) is 4. The molecule has 152 valence electrons. The minimum absolute atomic E-state index is 0.0386. The first-order valence-electron chi connectivity index (χ1n) is 9.86. The summed E-state index contributed by atoms with van der Waals surface area (Å²) in [6, 6.07) is 23.6. The van der Waals surface area contributed by atoms with Gasteiger partial charge in [-0.15, -0.1) is 0 Å². The molecule has 6 nitrogen and oxygen atoms in total. The Balaban J connectivity index is 1.44. The SMILES string of the molecule is CCOc1ccccc1-c1ccc2c(NC(=O)COCc3ccccc3)n[nH]c2c1. The summed E-state index contributed by atoms with van der Waals surface area (Å²) in [5.74, 6) is 1.08. The molecule has 0 atom stereocenters. The van der Waals surface area contributed by atoms with E-state index in [0.717, 1.165) is 33.3 Å². The Morgan fingerprint density at radius 1 is 1.03 bits per heavy atom. The lowest BCUT2D eigenvalue weighted by molar-refractivity contribution is -0.121. The van der Waals surface area contributed by atoms with Gasteiger partial charge in [0.2, 0.25) is 0 Å². The molecule has 0 spiro atoms. The molecule has 0 saturated heterocycles. The number of H-pyrrole nitrogens is 1. The molecule has 0 bridgehead atoms. The highest BCUT2D eigenvalue weighted by Gasteiger charge is 2.12. The van der Waals surface area contributed by atoms with E-state index < -0.39 is 0 Å². The van der Waals surface area contributed by atoms with Crippen LogP contribution in [0.25, 0.3) is 22.0 Å². The minimum Gasteiger partial charge on any atom is -0.493 e. The summed E-state index contributed by atoms with van der Waals surface area (Å²) in [7, 11) is 0. The molecule has 0 fully saturated rings. The van der Waals surface area contributed by atoms with Crippen molar-refractivity contribution < 1.29 is 14.3 Å². The third-order valence-corrected chi connectivity index (χ3v) is 4.66. The van der Waals surface area contributed by atoms with Gasteiger partial charge in [-0.3, -0.25) is 9.89 Å². The van der Waals surface area contributed by atoms with Crippen molar-refractivity contribution in [3.8, 4) is 16.9 Å². The third kappa shape index (κ3) is 4.50. The second kappa shape index (κ2) is 9.24. The number of hydrogen-bond donors (Lipinski definition) is 2. The minimum atomic E-state index is -0.245. The number of nitrogens with zero attached hydrogens (tertiary/aromatic N) is 1. The predicted molar refractivity (Wildman–Crippen MR) is 117 cm³/mol. The molecule has 30 heavy (non-hydrogen) atoms. The summed E-state index contributed by atoms with van der Waals surface area (Å²) in [4.78, 5) is 12.2. The summed E-state index contributed by atoms with van der Waals surface area (Å²) < 4.78 is 11.2. The number of benzene rings is 3. The smallest absolute Gasteiger partial charge is 0.251 e. The van der Waals surface area contributed by atoms with Crippen LogP contribution in [0.1, 0.15) is 12.5 Å². The number of fused-ring (bicyclic) bond motifs is 1. The summed E-state index contributed by atoms with van der Waals surface area (Å²) in [5.41, 5.74) is 3.88. The zero-order chi connectivity index (χ0) is 20.8. The molecule has 0 aliphatic carbocycles. The molecule has 1 aromatic heterocycles. The normalized spacial score (nSPS) is 10.8. The molecule has 4 aromatic rings. The number of amides is 1. The lowest BCUT2D eigenvalue weighted by atomic mass is 10.0. The van der Waals surface area contributed by atoms with Gasteiger partial charge in [0.1, 0.15) is 12.4 Å². The maximum absolute atomic E-state index is 12.2. The molecule has 0 radical (unpaired) electrons. The average Bonchev–Trinajstić information content (AvgIpc) is 3.17. The second-order valence-electron chi connectivity index (χ2n) is 6.79. The van der Waals surface area contributed by atoms with Crippen LogP contribution in [0.3, 0.4) is 0 Å². The highest BCUT2D eigenvalue weighted by atomic mass is 16.5. The molecule has 3 aromatic carbocycles. The van der Waals surface area contributed by atoms with Crippen LogP contribution in [0.4, 0.5) is 5.82 Å². The largest absolute Gasteiger partial charge is 0.493 e. The predicted octanol–water partition coefficient (Wildman–Crippen LogP) is 4.78. The van der Waals surface area contributed by atoms with E-state index in [1.807, 2.05) is 79.7 Å². The lowest BCUT2D eigenvalue weighted by Crippen LogP contribution is -2.18. The van der Waals surface area contributed by atoms with E-state index in [4.69, 9.17) is 9.47 Å². The zero-order valence-electron chi connectivity index (χ0n) is 16.7. The quantitative estimate of drug-likeness (QED) is 0.445. The molecule has 2 N–H and O–H groups in total. The van der Waals surface area contributed by atoms with Gasteiger partial charge in [-0.2, -0.15) is 5.10 Å². The Kier molecular flexibility index (Phi) is 6.06. The zero-order valence-corrected chi connectivity index (χ0v) is 16.7. The maximum atomic E-state index is 12.2. The Labute approximate surface area is 174 Å². The number of aromatic amines is 1.